The Balaban J connectivity index is 1.77. The van der Waals surface area contributed by atoms with E-state index >= 15 is 4.57 Å². The highest BCUT2D eigenvalue weighted by Gasteiger charge is 2.60. The summed E-state index contributed by atoms with van der Waals surface area (Å²) in [6.45, 7) is 0. The van der Waals surface area contributed by atoms with E-state index in [0.717, 1.165) is 28.6 Å². The Morgan fingerprint density at radius 1 is 0.677 bits per heavy atom. The summed E-state index contributed by atoms with van der Waals surface area (Å²) in [6, 6.07) is 41.7. The van der Waals surface area contributed by atoms with Crippen molar-refractivity contribution in [2.24, 2.45) is 0 Å². The second-order valence-corrected chi connectivity index (χ2v) is 12.9. The summed E-state index contributed by atoms with van der Waals surface area (Å²) in [5.74, 6) is 0. The highest BCUT2D eigenvalue weighted by molar-refractivity contribution is 8.08. The lowest BCUT2D eigenvalue weighted by atomic mass is 10.0. The minimum Gasteiger partial charge on any atom is -0.316 e. The average Bonchev–Trinajstić information content (AvgIpc) is 3.15. The third-order valence-electron chi connectivity index (χ3n) is 6.31. The molecule has 1 saturated heterocycles. The molecule has 3 atom stereocenters. The fourth-order valence-corrected chi connectivity index (χ4v) is 11.6. The lowest BCUT2D eigenvalue weighted by molar-refractivity contribution is 0.570. The maximum Gasteiger partial charge on any atom is 0.142 e. The topological polar surface area (TPSA) is 17.1 Å². The number of rotatable bonds is 5. The van der Waals surface area contributed by atoms with Gasteiger partial charge in [-0.2, -0.15) is 0 Å². The van der Waals surface area contributed by atoms with Gasteiger partial charge in [0.05, 0.1) is 0 Å². The number of hydrogen-bond acceptors (Lipinski definition) is 2. The maximum atomic E-state index is 15.6. The van der Waals surface area contributed by atoms with Crippen LogP contribution in [0.25, 0.3) is 0 Å². The van der Waals surface area contributed by atoms with E-state index in [9.17, 15) is 0 Å². The lowest BCUT2D eigenvalue weighted by Gasteiger charge is -2.38. The molecule has 4 aromatic carbocycles. The summed E-state index contributed by atoms with van der Waals surface area (Å²) >= 11 is 1.79. The SMILES string of the molecule is O=[P@@]1(c2ccccc2)[C@H](c2ccccc2)CC[C@]1(Sc1ccccc1)c1ccccc1. The van der Waals surface area contributed by atoms with Crippen molar-refractivity contribution in [2.45, 2.75) is 27.9 Å². The lowest BCUT2D eigenvalue weighted by Crippen LogP contribution is -2.25. The van der Waals surface area contributed by atoms with Gasteiger partial charge in [-0.3, -0.25) is 0 Å². The van der Waals surface area contributed by atoms with Crippen LogP contribution in [0.3, 0.4) is 0 Å². The van der Waals surface area contributed by atoms with Gasteiger partial charge in [0.15, 0.2) is 0 Å². The van der Waals surface area contributed by atoms with Crippen LogP contribution in [-0.2, 0) is 9.05 Å². The average molecular weight is 441 g/mol. The molecule has 1 heterocycles. The van der Waals surface area contributed by atoms with Crippen molar-refractivity contribution in [1.82, 2.24) is 0 Å². The van der Waals surface area contributed by atoms with E-state index in [4.69, 9.17) is 0 Å². The molecule has 0 saturated carbocycles. The molecule has 1 aliphatic rings. The van der Waals surface area contributed by atoms with Gasteiger partial charge >= 0.3 is 0 Å². The smallest absolute Gasteiger partial charge is 0.142 e. The molecule has 3 heteroatoms. The molecule has 0 amide bonds. The molecular formula is C28H25OPS. The van der Waals surface area contributed by atoms with Crippen LogP contribution in [0.5, 0.6) is 0 Å². The van der Waals surface area contributed by atoms with Crippen molar-refractivity contribution in [1.29, 1.82) is 0 Å². The van der Waals surface area contributed by atoms with Crippen LogP contribution < -0.4 is 5.30 Å². The van der Waals surface area contributed by atoms with Crippen LogP contribution in [0.4, 0.5) is 0 Å². The van der Waals surface area contributed by atoms with E-state index in [-0.39, 0.29) is 5.66 Å². The van der Waals surface area contributed by atoms with Crippen LogP contribution in [-0.4, -0.2) is 0 Å². The largest absolute Gasteiger partial charge is 0.316 e. The quantitative estimate of drug-likeness (QED) is 0.294. The molecule has 0 aromatic heterocycles. The zero-order chi connectivity index (χ0) is 21.2. The van der Waals surface area contributed by atoms with E-state index < -0.39 is 11.6 Å². The number of benzene rings is 4. The van der Waals surface area contributed by atoms with Gasteiger partial charge in [-0.1, -0.05) is 109 Å². The van der Waals surface area contributed by atoms with Crippen LogP contribution in [0.15, 0.2) is 126 Å². The van der Waals surface area contributed by atoms with Crippen LogP contribution in [0.1, 0.15) is 29.6 Å². The molecule has 154 valence electrons. The monoisotopic (exact) mass is 440 g/mol. The normalized spacial score (nSPS) is 25.4. The first-order valence-corrected chi connectivity index (χ1v) is 13.3. The van der Waals surface area contributed by atoms with Gasteiger partial charge in [0.2, 0.25) is 0 Å². The van der Waals surface area contributed by atoms with E-state index in [0.29, 0.717) is 0 Å². The molecule has 1 aliphatic heterocycles. The van der Waals surface area contributed by atoms with Crippen LogP contribution >= 0.6 is 18.9 Å². The fraction of sp³-hybridized carbons (Fsp3) is 0.143. The second kappa shape index (κ2) is 8.54. The third kappa shape index (κ3) is 3.49. The highest BCUT2D eigenvalue weighted by Crippen LogP contribution is 2.82. The van der Waals surface area contributed by atoms with Gasteiger partial charge in [-0.05, 0) is 36.1 Å². The Morgan fingerprint density at radius 2 is 1.19 bits per heavy atom. The Kier molecular flexibility index (Phi) is 5.61. The fourth-order valence-electron chi connectivity index (χ4n) is 4.92. The summed E-state index contributed by atoms with van der Waals surface area (Å²) in [4.78, 5) is 1.16. The zero-order valence-electron chi connectivity index (χ0n) is 17.3. The first-order chi connectivity index (χ1) is 15.2. The number of thioether (sulfide) groups is 1. The molecule has 5 rings (SSSR count). The van der Waals surface area contributed by atoms with Crippen molar-refractivity contribution < 1.29 is 4.57 Å². The van der Waals surface area contributed by atoms with Gasteiger partial charge in [0.25, 0.3) is 0 Å². The van der Waals surface area contributed by atoms with E-state index in [2.05, 4.69) is 84.9 Å². The van der Waals surface area contributed by atoms with E-state index in [1.54, 1.807) is 11.8 Å². The first-order valence-electron chi connectivity index (χ1n) is 10.7. The highest BCUT2D eigenvalue weighted by atomic mass is 32.2. The second-order valence-electron chi connectivity index (χ2n) is 8.02. The Hall–Kier alpha value is -2.54. The van der Waals surface area contributed by atoms with Crippen LogP contribution in [0, 0.1) is 0 Å². The van der Waals surface area contributed by atoms with E-state index in [1.807, 2.05) is 36.4 Å². The molecule has 0 unspecified atom stereocenters. The van der Waals surface area contributed by atoms with Crippen molar-refractivity contribution in [3.8, 4) is 0 Å². The molecule has 0 aliphatic carbocycles. The Morgan fingerprint density at radius 3 is 1.81 bits per heavy atom. The molecule has 1 fully saturated rings. The van der Waals surface area contributed by atoms with Crippen molar-refractivity contribution in [2.75, 3.05) is 0 Å². The standard InChI is InChI=1S/C28H25OPS/c29-30(25-17-9-3-10-18-25)27(23-13-5-1-6-14-23)21-22-28(30,24-15-7-2-8-16-24)31-26-19-11-4-12-20-26/h1-20,27H,21-22H2/t27-,28-,30-/m0/s1. The molecule has 0 spiro atoms. The summed E-state index contributed by atoms with van der Waals surface area (Å²) in [6.07, 6.45) is 1.78. The summed E-state index contributed by atoms with van der Waals surface area (Å²) in [5.41, 5.74) is 2.35. The molecule has 31 heavy (non-hydrogen) atoms. The minimum absolute atomic E-state index is 0.00696. The van der Waals surface area contributed by atoms with Gasteiger partial charge in [-0.15, -0.1) is 11.8 Å². The predicted octanol–water partition coefficient (Wildman–Crippen LogP) is 7.86. The predicted molar refractivity (Wildman–Crippen MR) is 133 cm³/mol. The summed E-state index contributed by atoms with van der Waals surface area (Å²) in [5, 5.41) is 0.980. The first kappa shape index (κ1) is 20.4. The number of hydrogen-bond donors (Lipinski definition) is 0. The van der Waals surface area contributed by atoms with Gasteiger partial charge in [0, 0.05) is 15.9 Å². The van der Waals surface area contributed by atoms with Gasteiger partial charge in [-0.25, -0.2) is 0 Å². The Labute approximate surface area is 188 Å². The third-order valence-corrected chi connectivity index (χ3v) is 12.7. The van der Waals surface area contributed by atoms with Crippen molar-refractivity contribution in [3.63, 3.8) is 0 Å². The Bertz CT molecular complexity index is 1180. The van der Waals surface area contributed by atoms with E-state index in [1.165, 1.54) is 5.56 Å². The summed E-state index contributed by atoms with van der Waals surface area (Å²) < 4.78 is 15.1. The van der Waals surface area contributed by atoms with Crippen LogP contribution in [0.2, 0.25) is 0 Å². The molecule has 1 nitrogen and oxygen atoms in total. The molecule has 0 bridgehead atoms. The molecule has 4 aromatic rings. The van der Waals surface area contributed by atoms with Gasteiger partial charge in [0.1, 0.15) is 11.6 Å². The maximum absolute atomic E-state index is 15.6. The summed E-state index contributed by atoms with van der Waals surface area (Å²) in [7, 11) is -2.92. The van der Waals surface area contributed by atoms with Crippen molar-refractivity contribution >= 4 is 24.2 Å². The zero-order valence-corrected chi connectivity index (χ0v) is 19.0. The molecular weight excluding hydrogens is 415 g/mol. The van der Waals surface area contributed by atoms with Gasteiger partial charge < -0.3 is 4.57 Å². The minimum atomic E-state index is -2.92. The molecule has 0 radical (unpaired) electrons. The molecule has 0 N–H and O–H groups in total. The van der Waals surface area contributed by atoms with Crippen molar-refractivity contribution in [3.05, 3.63) is 132 Å².